The second-order valence-corrected chi connectivity index (χ2v) is 8.34. The van der Waals surface area contributed by atoms with Crippen LogP contribution in [0.3, 0.4) is 0 Å². The van der Waals surface area contributed by atoms with E-state index in [1.807, 2.05) is 38.1 Å². The maximum absolute atomic E-state index is 12.5. The summed E-state index contributed by atoms with van der Waals surface area (Å²) in [7, 11) is 1.62. The zero-order valence-corrected chi connectivity index (χ0v) is 16.9. The minimum absolute atomic E-state index is 0.00360. The van der Waals surface area contributed by atoms with Crippen molar-refractivity contribution in [3.63, 3.8) is 0 Å². The van der Waals surface area contributed by atoms with Gasteiger partial charge in [-0.1, -0.05) is 40.8 Å². The molecule has 0 bridgehead atoms. The molecular formula is C17H23N5O2S2. The number of aryl methyl sites for hydroxylation is 1. The molecule has 0 saturated heterocycles. The monoisotopic (exact) mass is 393 g/mol. The fraction of sp³-hybridized carbons (Fsp3) is 0.412. The maximum atomic E-state index is 12.5. The van der Waals surface area contributed by atoms with Crippen LogP contribution in [0.5, 0.6) is 0 Å². The Kier molecular flexibility index (Phi) is 7.40. The van der Waals surface area contributed by atoms with Crippen LogP contribution in [-0.4, -0.2) is 52.3 Å². The molecule has 1 aromatic heterocycles. The number of carbonyl (C=O) groups excluding carboxylic acids is 2. The van der Waals surface area contributed by atoms with Gasteiger partial charge in [0.15, 0.2) is 4.34 Å². The Bertz CT molecular complexity index is 748. The Morgan fingerprint density at radius 3 is 2.62 bits per heavy atom. The number of benzene rings is 1. The highest BCUT2D eigenvalue weighted by molar-refractivity contribution is 8.02. The zero-order valence-electron chi connectivity index (χ0n) is 15.3. The Hall–Kier alpha value is -2.13. The van der Waals surface area contributed by atoms with Gasteiger partial charge in [0.25, 0.3) is 0 Å². The van der Waals surface area contributed by atoms with Crippen molar-refractivity contribution in [2.24, 2.45) is 0 Å². The van der Waals surface area contributed by atoms with Gasteiger partial charge in [0.05, 0.1) is 11.8 Å². The molecule has 0 spiro atoms. The van der Waals surface area contributed by atoms with Crippen LogP contribution in [0.25, 0.3) is 0 Å². The zero-order chi connectivity index (χ0) is 19.1. The molecule has 1 heterocycles. The molecule has 2 amide bonds. The average molecular weight is 394 g/mol. The van der Waals surface area contributed by atoms with Gasteiger partial charge >= 0.3 is 0 Å². The molecule has 1 atom stereocenters. The van der Waals surface area contributed by atoms with Gasteiger partial charge in [-0.15, -0.1) is 10.2 Å². The number of anilines is 2. The largest absolute Gasteiger partial charge is 0.360 e. The topological polar surface area (TPSA) is 87.2 Å². The van der Waals surface area contributed by atoms with Gasteiger partial charge in [-0.05, 0) is 32.9 Å². The molecule has 2 rings (SSSR count). The highest BCUT2D eigenvalue weighted by Crippen LogP contribution is 2.29. The number of hydrogen-bond acceptors (Lipinski definition) is 7. The normalized spacial score (nSPS) is 11.7. The fourth-order valence-electron chi connectivity index (χ4n) is 2.12. The summed E-state index contributed by atoms with van der Waals surface area (Å²) in [5, 5.41) is 14.3. The minimum Gasteiger partial charge on any atom is -0.360 e. The van der Waals surface area contributed by atoms with Crippen molar-refractivity contribution in [2.75, 3.05) is 30.8 Å². The number of nitrogens with one attached hydrogen (secondary N) is 2. The molecule has 0 unspecified atom stereocenters. The van der Waals surface area contributed by atoms with E-state index in [0.29, 0.717) is 5.69 Å². The Labute approximate surface area is 161 Å². The van der Waals surface area contributed by atoms with Crippen LogP contribution in [0.2, 0.25) is 0 Å². The van der Waals surface area contributed by atoms with Crippen LogP contribution in [0.1, 0.15) is 19.4 Å². The van der Waals surface area contributed by atoms with Crippen LogP contribution in [-0.2, 0) is 9.59 Å². The van der Waals surface area contributed by atoms with Crippen LogP contribution in [0.15, 0.2) is 28.6 Å². The number of thioether (sulfide) groups is 1. The number of amides is 2. The summed E-state index contributed by atoms with van der Waals surface area (Å²) in [5.41, 5.74) is 1.84. The first kappa shape index (κ1) is 20.2. The smallest absolute Gasteiger partial charge is 0.243 e. The second kappa shape index (κ2) is 9.54. The van der Waals surface area contributed by atoms with E-state index in [4.69, 9.17) is 0 Å². The molecular weight excluding hydrogens is 370 g/mol. The van der Waals surface area contributed by atoms with Gasteiger partial charge in [0.2, 0.25) is 16.9 Å². The molecule has 0 radical (unpaired) electrons. The van der Waals surface area contributed by atoms with Gasteiger partial charge in [-0.2, -0.15) is 0 Å². The molecule has 2 N–H and O–H groups in total. The van der Waals surface area contributed by atoms with Crippen molar-refractivity contribution >= 4 is 45.7 Å². The highest BCUT2D eigenvalue weighted by Gasteiger charge is 2.22. The summed E-state index contributed by atoms with van der Waals surface area (Å²) in [6.45, 7) is 6.53. The van der Waals surface area contributed by atoms with Crippen LogP contribution in [0.4, 0.5) is 10.8 Å². The first-order valence-electron chi connectivity index (χ1n) is 8.24. The SMILES string of the molecule is CCNc1nnc(S[C@@H](C)C(=O)N(C)CC(=O)Nc2ccc(C)cc2)s1. The van der Waals surface area contributed by atoms with Crippen molar-refractivity contribution in [1.82, 2.24) is 15.1 Å². The fourth-order valence-corrected chi connectivity index (χ4v) is 4.20. The van der Waals surface area contributed by atoms with Gasteiger partial charge in [-0.25, -0.2) is 0 Å². The third-order valence-electron chi connectivity index (χ3n) is 3.45. The van der Waals surface area contributed by atoms with Crippen molar-refractivity contribution < 1.29 is 9.59 Å². The van der Waals surface area contributed by atoms with Gasteiger partial charge in [0, 0.05) is 19.3 Å². The van der Waals surface area contributed by atoms with Crippen LogP contribution < -0.4 is 10.6 Å². The van der Waals surface area contributed by atoms with E-state index in [-0.39, 0.29) is 23.6 Å². The summed E-state index contributed by atoms with van der Waals surface area (Å²) in [5.74, 6) is -0.360. The number of likely N-dealkylation sites (N-methyl/N-ethyl adjacent to an activating group) is 1. The summed E-state index contributed by atoms with van der Waals surface area (Å²) < 4.78 is 0.722. The lowest BCUT2D eigenvalue weighted by atomic mass is 10.2. The molecule has 0 saturated carbocycles. The molecule has 2 aromatic rings. The predicted octanol–water partition coefficient (Wildman–Crippen LogP) is 2.86. The van der Waals surface area contributed by atoms with Crippen molar-refractivity contribution in [2.45, 2.75) is 30.4 Å². The van der Waals surface area contributed by atoms with Crippen LogP contribution >= 0.6 is 23.1 Å². The molecule has 9 heteroatoms. The standard InChI is InChI=1S/C17H23N5O2S2/c1-5-18-16-20-21-17(26-16)25-12(3)15(24)22(4)10-14(23)19-13-8-6-11(2)7-9-13/h6-9,12H,5,10H2,1-4H3,(H,18,20)(H,19,23)/t12-/m0/s1. The van der Waals surface area contributed by atoms with E-state index >= 15 is 0 Å². The molecule has 0 aliphatic carbocycles. The molecule has 0 fully saturated rings. The summed E-state index contributed by atoms with van der Waals surface area (Å²) in [6.07, 6.45) is 0. The van der Waals surface area contributed by atoms with Gasteiger partial charge in [0.1, 0.15) is 0 Å². The minimum atomic E-state index is -0.352. The Morgan fingerprint density at radius 1 is 1.27 bits per heavy atom. The Balaban J connectivity index is 1.84. The van der Waals surface area contributed by atoms with Crippen LogP contribution in [0, 0.1) is 6.92 Å². The third-order valence-corrected chi connectivity index (χ3v) is 5.50. The number of aromatic nitrogens is 2. The lowest BCUT2D eigenvalue weighted by molar-refractivity contribution is -0.132. The van der Waals surface area contributed by atoms with Gasteiger partial charge < -0.3 is 15.5 Å². The second-order valence-electron chi connectivity index (χ2n) is 5.77. The number of nitrogens with zero attached hydrogens (tertiary/aromatic N) is 3. The molecule has 0 aliphatic heterocycles. The van der Waals surface area contributed by atoms with Gasteiger partial charge in [-0.3, -0.25) is 9.59 Å². The van der Waals surface area contributed by atoms with Crippen molar-refractivity contribution in [3.05, 3.63) is 29.8 Å². The molecule has 140 valence electrons. The first-order valence-corrected chi connectivity index (χ1v) is 9.94. The number of rotatable bonds is 8. The lowest BCUT2D eigenvalue weighted by Gasteiger charge is -2.20. The lowest BCUT2D eigenvalue weighted by Crippen LogP contribution is -2.38. The molecule has 26 heavy (non-hydrogen) atoms. The summed E-state index contributed by atoms with van der Waals surface area (Å²) >= 11 is 2.75. The molecule has 7 nitrogen and oxygen atoms in total. The number of carbonyl (C=O) groups is 2. The van der Waals surface area contributed by atoms with E-state index in [2.05, 4.69) is 20.8 Å². The Morgan fingerprint density at radius 2 is 1.96 bits per heavy atom. The molecule has 1 aromatic carbocycles. The summed E-state index contributed by atoms with van der Waals surface area (Å²) in [4.78, 5) is 26.0. The quantitative estimate of drug-likeness (QED) is 0.671. The van der Waals surface area contributed by atoms with Crippen molar-refractivity contribution in [1.29, 1.82) is 0 Å². The van der Waals surface area contributed by atoms with E-state index < -0.39 is 0 Å². The molecule has 0 aliphatic rings. The van der Waals surface area contributed by atoms with E-state index in [0.717, 1.165) is 21.6 Å². The van der Waals surface area contributed by atoms with E-state index in [1.54, 1.807) is 14.0 Å². The number of hydrogen-bond donors (Lipinski definition) is 2. The van der Waals surface area contributed by atoms with E-state index in [9.17, 15) is 9.59 Å². The predicted molar refractivity (Wildman–Crippen MR) is 107 cm³/mol. The van der Waals surface area contributed by atoms with E-state index in [1.165, 1.54) is 28.0 Å². The first-order chi connectivity index (χ1) is 12.4. The third kappa shape index (κ3) is 5.99. The highest BCUT2D eigenvalue weighted by atomic mass is 32.2. The van der Waals surface area contributed by atoms with Crippen molar-refractivity contribution in [3.8, 4) is 0 Å². The average Bonchev–Trinajstić information content (AvgIpc) is 3.03. The summed E-state index contributed by atoms with van der Waals surface area (Å²) in [6, 6.07) is 7.52. The maximum Gasteiger partial charge on any atom is 0.243 e.